The van der Waals surface area contributed by atoms with Gasteiger partial charge in [0.2, 0.25) is 0 Å². The molecule has 1 nitrogen and oxygen atoms in total. The zero-order valence-corrected chi connectivity index (χ0v) is 8.80. The first-order valence-electron chi connectivity index (χ1n) is 4.90. The van der Waals surface area contributed by atoms with Gasteiger partial charge >= 0.3 is 0 Å². The molecule has 2 aromatic carbocycles. The first kappa shape index (κ1) is 10.6. The SMILES string of the molecule is Cc1ccc(-c2c(F)ccc(N)c2F)cc1. The number of nitrogen functional groups attached to an aromatic ring is 1. The standard InChI is InChI=1S/C13H11F2N/c1-8-2-4-9(5-3-8)12-10(14)6-7-11(16)13(12)15/h2-7H,16H2,1H3. The molecule has 0 saturated carbocycles. The van der Waals surface area contributed by atoms with E-state index in [1.54, 1.807) is 24.3 Å². The van der Waals surface area contributed by atoms with Crippen LogP contribution in [0.2, 0.25) is 0 Å². The molecule has 82 valence electrons. The molecule has 16 heavy (non-hydrogen) atoms. The fourth-order valence-corrected chi connectivity index (χ4v) is 1.55. The number of benzene rings is 2. The van der Waals surface area contributed by atoms with Crippen molar-refractivity contribution in [2.45, 2.75) is 6.92 Å². The van der Waals surface area contributed by atoms with E-state index < -0.39 is 11.6 Å². The maximum Gasteiger partial charge on any atom is 0.156 e. The molecule has 2 rings (SSSR count). The monoisotopic (exact) mass is 219 g/mol. The highest BCUT2D eigenvalue weighted by Crippen LogP contribution is 2.29. The van der Waals surface area contributed by atoms with Crippen LogP contribution in [0.25, 0.3) is 11.1 Å². The van der Waals surface area contributed by atoms with Crippen LogP contribution in [-0.2, 0) is 0 Å². The molecule has 0 amide bonds. The lowest BCUT2D eigenvalue weighted by Gasteiger charge is -2.07. The van der Waals surface area contributed by atoms with Gasteiger partial charge in [0.15, 0.2) is 5.82 Å². The van der Waals surface area contributed by atoms with Gasteiger partial charge in [-0.15, -0.1) is 0 Å². The maximum absolute atomic E-state index is 13.7. The second-order valence-corrected chi connectivity index (χ2v) is 3.69. The number of aryl methyl sites for hydroxylation is 1. The van der Waals surface area contributed by atoms with Crippen molar-refractivity contribution in [3.8, 4) is 11.1 Å². The Balaban J connectivity index is 2.63. The first-order chi connectivity index (χ1) is 7.59. The molecule has 0 heterocycles. The molecular weight excluding hydrogens is 208 g/mol. The van der Waals surface area contributed by atoms with E-state index in [0.717, 1.165) is 5.56 Å². The highest BCUT2D eigenvalue weighted by molar-refractivity contribution is 5.69. The van der Waals surface area contributed by atoms with Crippen molar-refractivity contribution < 1.29 is 8.78 Å². The third-order valence-electron chi connectivity index (χ3n) is 2.46. The molecule has 0 unspecified atom stereocenters. The summed E-state index contributed by atoms with van der Waals surface area (Å²) in [6, 6.07) is 9.36. The van der Waals surface area contributed by atoms with E-state index in [1.165, 1.54) is 12.1 Å². The summed E-state index contributed by atoms with van der Waals surface area (Å²) in [5.74, 6) is -1.31. The Hall–Kier alpha value is -1.90. The Morgan fingerprint density at radius 1 is 0.938 bits per heavy atom. The summed E-state index contributed by atoms with van der Waals surface area (Å²) in [4.78, 5) is 0. The Bertz CT molecular complexity index is 518. The lowest BCUT2D eigenvalue weighted by Crippen LogP contribution is -1.96. The van der Waals surface area contributed by atoms with Crippen LogP contribution in [0, 0.1) is 18.6 Å². The van der Waals surface area contributed by atoms with E-state index in [0.29, 0.717) is 5.56 Å². The number of anilines is 1. The average Bonchev–Trinajstić information content (AvgIpc) is 2.27. The van der Waals surface area contributed by atoms with Crippen LogP contribution in [0.5, 0.6) is 0 Å². The lowest BCUT2D eigenvalue weighted by atomic mass is 10.0. The van der Waals surface area contributed by atoms with E-state index in [9.17, 15) is 8.78 Å². The van der Waals surface area contributed by atoms with Crippen LogP contribution >= 0.6 is 0 Å². The summed E-state index contributed by atoms with van der Waals surface area (Å²) < 4.78 is 27.2. The van der Waals surface area contributed by atoms with Crippen molar-refractivity contribution in [2.75, 3.05) is 5.73 Å². The average molecular weight is 219 g/mol. The molecule has 0 aliphatic carbocycles. The van der Waals surface area contributed by atoms with Crippen molar-refractivity contribution in [1.82, 2.24) is 0 Å². The third-order valence-corrected chi connectivity index (χ3v) is 2.46. The number of rotatable bonds is 1. The van der Waals surface area contributed by atoms with Crippen LogP contribution in [0.15, 0.2) is 36.4 Å². The third kappa shape index (κ3) is 1.76. The van der Waals surface area contributed by atoms with Gasteiger partial charge in [0.25, 0.3) is 0 Å². The van der Waals surface area contributed by atoms with Crippen LogP contribution in [0.3, 0.4) is 0 Å². The molecule has 0 spiro atoms. The fourth-order valence-electron chi connectivity index (χ4n) is 1.55. The second-order valence-electron chi connectivity index (χ2n) is 3.69. The maximum atomic E-state index is 13.7. The number of hydrogen-bond donors (Lipinski definition) is 1. The normalized spacial score (nSPS) is 10.4. The zero-order chi connectivity index (χ0) is 11.7. The summed E-state index contributed by atoms with van der Waals surface area (Å²) in [5, 5.41) is 0. The van der Waals surface area contributed by atoms with E-state index in [1.807, 2.05) is 6.92 Å². The van der Waals surface area contributed by atoms with Crippen molar-refractivity contribution in [2.24, 2.45) is 0 Å². The Kier molecular flexibility index (Phi) is 2.60. The van der Waals surface area contributed by atoms with Gasteiger partial charge in [0.05, 0.1) is 11.3 Å². The van der Waals surface area contributed by atoms with E-state index in [2.05, 4.69) is 0 Å². The summed E-state index contributed by atoms with van der Waals surface area (Å²) in [6.45, 7) is 1.91. The molecule has 2 aromatic rings. The number of nitrogens with two attached hydrogens (primary N) is 1. The topological polar surface area (TPSA) is 26.0 Å². The highest BCUT2D eigenvalue weighted by atomic mass is 19.1. The fraction of sp³-hybridized carbons (Fsp3) is 0.0769. The smallest absolute Gasteiger partial charge is 0.156 e. The van der Waals surface area contributed by atoms with Crippen molar-refractivity contribution in [3.05, 3.63) is 53.6 Å². The van der Waals surface area contributed by atoms with Crippen LogP contribution < -0.4 is 5.73 Å². The van der Waals surface area contributed by atoms with Gasteiger partial charge in [0, 0.05) is 0 Å². The van der Waals surface area contributed by atoms with Gasteiger partial charge in [-0.25, -0.2) is 8.78 Å². The van der Waals surface area contributed by atoms with Gasteiger partial charge in [0.1, 0.15) is 5.82 Å². The Morgan fingerprint density at radius 2 is 1.56 bits per heavy atom. The predicted octanol–water partition coefficient (Wildman–Crippen LogP) is 3.52. The van der Waals surface area contributed by atoms with Gasteiger partial charge in [-0.1, -0.05) is 29.8 Å². The molecule has 0 bridgehead atoms. The Morgan fingerprint density at radius 3 is 2.19 bits per heavy atom. The van der Waals surface area contributed by atoms with Gasteiger partial charge < -0.3 is 5.73 Å². The molecule has 2 N–H and O–H groups in total. The van der Waals surface area contributed by atoms with Crippen LogP contribution in [0.1, 0.15) is 5.56 Å². The summed E-state index contributed by atoms with van der Waals surface area (Å²) >= 11 is 0. The van der Waals surface area contributed by atoms with E-state index in [-0.39, 0.29) is 11.3 Å². The van der Waals surface area contributed by atoms with Crippen LogP contribution in [0.4, 0.5) is 14.5 Å². The molecule has 0 aliphatic heterocycles. The molecule has 0 atom stereocenters. The van der Waals surface area contributed by atoms with Crippen molar-refractivity contribution in [1.29, 1.82) is 0 Å². The predicted molar refractivity (Wildman–Crippen MR) is 60.9 cm³/mol. The van der Waals surface area contributed by atoms with Crippen LogP contribution in [-0.4, -0.2) is 0 Å². The summed E-state index contributed by atoms with van der Waals surface area (Å²) in [5.41, 5.74) is 6.83. The molecule has 0 radical (unpaired) electrons. The summed E-state index contributed by atoms with van der Waals surface area (Å²) in [6.07, 6.45) is 0. The second kappa shape index (κ2) is 3.93. The minimum Gasteiger partial charge on any atom is -0.396 e. The molecule has 0 fully saturated rings. The Labute approximate surface area is 92.5 Å². The van der Waals surface area contributed by atoms with Crippen molar-refractivity contribution in [3.63, 3.8) is 0 Å². The highest BCUT2D eigenvalue weighted by Gasteiger charge is 2.13. The number of halogens is 2. The van der Waals surface area contributed by atoms with Gasteiger partial charge in [-0.05, 0) is 24.6 Å². The van der Waals surface area contributed by atoms with E-state index >= 15 is 0 Å². The molecule has 0 aliphatic rings. The molecule has 0 saturated heterocycles. The lowest BCUT2D eigenvalue weighted by molar-refractivity contribution is 0.592. The molecule has 3 heteroatoms. The quantitative estimate of drug-likeness (QED) is 0.729. The van der Waals surface area contributed by atoms with Crippen molar-refractivity contribution >= 4 is 5.69 Å². The molecular formula is C13H11F2N. The first-order valence-corrected chi connectivity index (χ1v) is 4.90. The van der Waals surface area contributed by atoms with E-state index in [4.69, 9.17) is 5.73 Å². The minimum absolute atomic E-state index is 0.0445. The summed E-state index contributed by atoms with van der Waals surface area (Å²) in [7, 11) is 0. The van der Waals surface area contributed by atoms with Gasteiger partial charge in [-0.2, -0.15) is 0 Å². The largest absolute Gasteiger partial charge is 0.396 e. The zero-order valence-electron chi connectivity index (χ0n) is 8.80. The van der Waals surface area contributed by atoms with Gasteiger partial charge in [-0.3, -0.25) is 0 Å². The number of hydrogen-bond acceptors (Lipinski definition) is 1. The minimum atomic E-state index is -0.705. The molecule has 0 aromatic heterocycles.